The molecule has 0 amide bonds. The fourth-order valence-electron chi connectivity index (χ4n) is 1.16. The largest absolute Gasteiger partial charge is 0.315 e. The second kappa shape index (κ2) is 5.08. The lowest BCUT2D eigenvalue weighted by molar-refractivity contribution is 0.250. The zero-order valence-electron chi connectivity index (χ0n) is 9.55. The average Bonchev–Trinajstić information content (AvgIpc) is 1.96. The van der Waals surface area contributed by atoms with E-state index in [9.17, 15) is 4.21 Å². The molecule has 13 heavy (non-hydrogen) atoms. The first kappa shape index (κ1) is 13.1. The highest BCUT2D eigenvalue weighted by Crippen LogP contribution is 2.19. The summed E-state index contributed by atoms with van der Waals surface area (Å²) in [6, 6.07) is 0.362. The van der Waals surface area contributed by atoms with Gasteiger partial charge in [-0.25, -0.2) is 8.51 Å². The Morgan fingerprint density at radius 3 is 2.15 bits per heavy atom. The van der Waals surface area contributed by atoms with Crippen LogP contribution in [0, 0.1) is 5.41 Å². The van der Waals surface area contributed by atoms with Crippen LogP contribution >= 0.6 is 0 Å². The summed E-state index contributed by atoms with van der Waals surface area (Å²) < 4.78 is 13.0. The van der Waals surface area contributed by atoms with Crippen LogP contribution < -0.4 is 5.32 Å². The van der Waals surface area contributed by atoms with Crippen molar-refractivity contribution < 1.29 is 4.21 Å². The maximum Gasteiger partial charge on any atom is 0.0908 e. The Kier molecular flexibility index (Phi) is 5.10. The zero-order chi connectivity index (χ0) is 10.6. The van der Waals surface area contributed by atoms with Gasteiger partial charge in [0.2, 0.25) is 0 Å². The number of likely N-dealkylation sites (N-methyl/N-ethyl adjacent to an activating group) is 2. The van der Waals surface area contributed by atoms with Gasteiger partial charge < -0.3 is 5.32 Å². The molecular formula is C9H22N2OS. The highest BCUT2D eigenvalue weighted by Gasteiger charge is 2.24. The van der Waals surface area contributed by atoms with Crippen LogP contribution in [0.3, 0.4) is 0 Å². The molecular weight excluding hydrogens is 184 g/mol. The van der Waals surface area contributed by atoms with Crippen molar-refractivity contribution in [3.05, 3.63) is 0 Å². The second-order valence-corrected chi connectivity index (χ2v) is 5.91. The first-order chi connectivity index (χ1) is 5.79. The quantitative estimate of drug-likeness (QED) is 0.739. The van der Waals surface area contributed by atoms with Gasteiger partial charge in [-0.15, -0.1) is 0 Å². The van der Waals surface area contributed by atoms with Gasteiger partial charge in [0.1, 0.15) is 0 Å². The van der Waals surface area contributed by atoms with E-state index in [0.717, 1.165) is 6.54 Å². The molecule has 0 fully saturated rings. The Morgan fingerprint density at radius 1 is 1.46 bits per heavy atom. The van der Waals surface area contributed by atoms with Crippen LogP contribution in [0.2, 0.25) is 0 Å². The molecule has 0 aliphatic heterocycles. The van der Waals surface area contributed by atoms with E-state index in [2.05, 4.69) is 26.1 Å². The summed E-state index contributed by atoms with van der Waals surface area (Å²) in [4.78, 5) is 0. The monoisotopic (exact) mass is 206 g/mol. The first-order valence-corrected chi connectivity index (χ1v) is 6.02. The summed E-state index contributed by atoms with van der Waals surface area (Å²) in [5, 5.41) is 3.25. The lowest BCUT2D eigenvalue weighted by Crippen LogP contribution is -2.46. The van der Waals surface area contributed by atoms with Crippen molar-refractivity contribution >= 4 is 11.0 Å². The number of hydrogen-bond acceptors (Lipinski definition) is 2. The predicted octanol–water partition coefficient (Wildman–Crippen LogP) is 0.846. The van der Waals surface area contributed by atoms with Gasteiger partial charge in [-0.05, 0) is 19.5 Å². The van der Waals surface area contributed by atoms with Crippen LogP contribution in [0.25, 0.3) is 0 Å². The third-order valence-corrected chi connectivity index (χ3v) is 3.30. The van der Waals surface area contributed by atoms with Crippen LogP contribution in [0.15, 0.2) is 0 Å². The van der Waals surface area contributed by atoms with E-state index in [1.54, 1.807) is 6.26 Å². The Hall–Kier alpha value is 0.0700. The summed E-state index contributed by atoms with van der Waals surface area (Å²) in [5.41, 5.74) is 0.197. The Morgan fingerprint density at radius 2 is 1.92 bits per heavy atom. The first-order valence-electron chi connectivity index (χ1n) is 4.51. The molecule has 0 bridgehead atoms. The number of hydrogen-bond donors (Lipinski definition) is 1. The van der Waals surface area contributed by atoms with Gasteiger partial charge in [0, 0.05) is 18.8 Å². The topological polar surface area (TPSA) is 32.3 Å². The number of nitrogens with one attached hydrogen (secondary N) is 1. The molecule has 0 spiro atoms. The minimum absolute atomic E-state index is 0.197. The highest BCUT2D eigenvalue weighted by molar-refractivity contribution is 7.81. The molecule has 0 aromatic rings. The minimum atomic E-state index is -0.874. The lowest BCUT2D eigenvalue weighted by atomic mass is 9.87. The Labute approximate surface area is 84.5 Å². The maximum absolute atomic E-state index is 11.1. The summed E-state index contributed by atoms with van der Waals surface area (Å²) in [6.07, 6.45) is 1.70. The maximum atomic E-state index is 11.1. The van der Waals surface area contributed by atoms with E-state index < -0.39 is 11.0 Å². The molecule has 0 saturated heterocycles. The zero-order valence-corrected chi connectivity index (χ0v) is 10.4. The average molecular weight is 206 g/mol. The molecule has 0 aromatic carbocycles. The highest BCUT2D eigenvalue weighted by atomic mass is 32.2. The third-order valence-electron chi connectivity index (χ3n) is 2.27. The minimum Gasteiger partial charge on any atom is -0.315 e. The van der Waals surface area contributed by atoms with Crippen molar-refractivity contribution in [1.29, 1.82) is 0 Å². The predicted molar refractivity (Wildman–Crippen MR) is 59.0 cm³/mol. The third kappa shape index (κ3) is 4.74. The van der Waals surface area contributed by atoms with Crippen LogP contribution in [-0.4, -0.2) is 41.5 Å². The van der Waals surface area contributed by atoms with Crippen LogP contribution in [-0.2, 0) is 11.0 Å². The standard InChI is InChI=1S/C9H22N2OS/c1-9(2,3)8(10-4)7-11(5)13(6)12/h8,10H,7H2,1-6H3. The van der Waals surface area contributed by atoms with Crippen molar-refractivity contribution in [1.82, 2.24) is 9.62 Å². The molecule has 1 N–H and O–H groups in total. The van der Waals surface area contributed by atoms with Crippen LogP contribution in [0.1, 0.15) is 20.8 Å². The lowest BCUT2D eigenvalue weighted by Gasteiger charge is -2.32. The summed E-state index contributed by atoms with van der Waals surface area (Å²) in [7, 11) is 2.95. The van der Waals surface area contributed by atoms with Gasteiger partial charge >= 0.3 is 0 Å². The van der Waals surface area contributed by atoms with Gasteiger partial charge in [0.15, 0.2) is 0 Å². The Bertz CT molecular complexity index is 177. The normalized spacial score (nSPS) is 17.5. The molecule has 0 radical (unpaired) electrons. The van der Waals surface area contributed by atoms with E-state index in [0.29, 0.717) is 6.04 Å². The van der Waals surface area contributed by atoms with E-state index in [1.165, 1.54) is 0 Å². The van der Waals surface area contributed by atoms with Crippen molar-refractivity contribution in [3.8, 4) is 0 Å². The molecule has 0 aliphatic carbocycles. The van der Waals surface area contributed by atoms with E-state index in [1.807, 2.05) is 18.4 Å². The molecule has 0 saturated carbocycles. The molecule has 0 aromatic heterocycles. The fourth-order valence-corrected chi connectivity index (χ4v) is 1.52. The van der Waals surface area contributed by atoms with Gasteiger partial charge in [-0.2, -0.15) is 0 Å². The van der Waals surface area contributed by atoms with Gasteiger partial charge in [-0.3, -0.25) is 0 Å². The van der Waals surface area contributed by atoms with Crippen molar-refractivity contribution in [2.24, 2.45) is 5.41 Å². The van der Waals surface area contributed by atoms with Gasteiger partial charge in [-0.1, -0.05) is 20.8 Å². The molecule has 2 unspecified atom stereocenters. The summed E-state index contributed by atoms with van der Waals surface area (Å²) in [6.45, 7) is 7.35. The van der Waals surface area contributed by atoms with Crippen LogP contribution in [0.4, 0.5) is 0 Å². The molecule has 3 nitrogen and oxygen atoms in total. The molecule has 0 heterocycles. The Balaban J connectivity index is 4.22. The van der Waals surface area contributed by atoms with Crippen LogP contribution in [0.5, 0.6) is 0 Å². The molecule has 80 valence electrons. The second-order valence-electron chi connectivity index (χ2n) is 4.44. The fraction of sp³-hybridized carbons (Fsp3) is 1.00. The van der Waals surface area contributed by atoms with Gasteiger partial charge in [0.05, 0.1) is 11.0 Å². The van der Waals surface area contributed by atoms with E-state index in [-0.39, 0.29) is 5.41 Å². The van der Waals surface area contributed by atoms with Crippen molar-refractivity contribution in [2.45, 2.75) is 26.8 Å². The SMILES string of the molecule is CNC(CN(C)S(C)=O)C(C)(C)C. The number of rotatable bonds is 4. The molecule has 0 rings (SSSR count). The summed E-state index contributed by atoms with van der Waals surface area (Å²) in [5.74, 6) is 0. The van der Waals surface area contributed by atoms with E-state index in [4.69, 9.17) is 0 Å². The molecule has 0 aliphatic rings. The molecule has 2 atom stereocenters. The molecule has 4 heteroatoms. The van der Waals surface area contributed by atoms with Crippen molar-refractivity contribution in [3.63, 3.8) is 0 Å². The van der Waals surface area contributed by atoms with E-state index >= 15 is 0 Å². The van der Waals surface area contributed by atoms with Crippen molar-refractivity contribution in [2.75, 3.05) is 26.9 Å². The summed E-state index contributed by atoms with van der Waals surface area (Å²) >= 11 is 0. The smallest absolute Gasteiger partial charge is 0.0908 e. The van der Waals surface area contributed by atoms with Gasteiger partial charge in [0.25, 0.3) is 0 Å². The number of nitrogens with zero attached hydrogens (tertiary/aromatic N) is 1.